The fourth-order valence-electron chi connectivity index (χ4n) is 2.36. The fourth-order valence-corrected chi connectivity index (χ4v) is 3.15. The number of hydrogen-bond donors (Lipinski definition) is 1. The standard InChI is InChI=1S/C22H15BrCl2N2O4/c23-17-5-2-1-4-16(17)22(29)31-15-10-8-14(9-11-15)12-26-27-20(28)13-30-19-7-3-6-18(24)21(19)25/h1-12H,13H2,(H,27,28)/b26-12+. The van der Waals surface area contributed by atoms with Crippen molar-refractivity contribution in [2.24, 2.45) is 5.10 Å². The molecule has 0 aliphatic rings. The highest BCUT2D eigenvalue weighted by atomic mass is 79.9. The molecule has 0 aromatic heterocycles. The van der Waals surface area contributed by atoms with Gasteiger partial charge in [0.1, 0.15) is 16.5 Å². The highest BCUT2D eigenvalue weighted by Gasteiger charge is 2.11. The van der Waals surface area contributed by atoms with Gasteiger partial charge in [-0.15, -0.1) is 0 Å². The van der Waals surface area contributed by atoms with E-state index in [-0.39, 0.29) is 11.6 Å². The van der Waals surface area contributed by atoms with E-state index in [0.29, 0.717) is 32.1 Å². The zero-order chi connectivity index (χ0) is 22.2. The van der Waals surface area contributed by atoms with Gasteiger partial charge in [0.05, 0.1) is 16.8 Å². The molecule has 31 heavy (non-hydrogen) atoms. The quantitative estimate of drug-likeness (QED) is 0.192. The van der Waals surface area contributed by atoms with Crippen LogP contribution in [0.5, 0.6) is 11.5 Å². The summed E-state index contributed by atoms with van der Waals surface area (Å²) >= 11 is 15.2. The second-order valence-corrected chi connectivity index (χ2v) is 7.71. The van der Waals surface area contributed by atoms with Crippen LogP contribution in [-0.2, 0) is 4.79 Å². The molecule has 0 unspecified atom stereocenters. The van der Waals surface area contributed by atoms with Gasteiger partial charge in [-0.25, -0.2) is 10.2 Å². The van der Waals surface area contributed by atoms with Crippen molar-refractivity contribution in [3.63, 3.8) is 0 Å². The Morgan fingerprint density at radius 2 is 1.74 bits per heavy atom. The molecule has 3 aromatic rings. The molecule has 0 spiro atoms. The Bertz CT molecular complexity index is 1120. The van der Waals surface area contributed by atoms with E-state index in [9.17, 15) is 9.59 Å². The lowest BCUT2D eigenvalue weighted by molar-refractivity contribution is -0.123. The van der Waals surface area contributed by atoms with Crippen molar-refractivity contribution in [1.29, 1.82) is 0 Å². The highest BCUT2D eigenvalue weighted by Crippen LogP contribution is 2.31. The number of hydrazone groups is 1. The molecule has 3 rings (SSSR count). The Balaban J connectivity index is 1.49. The van der Waals surface area contributed by atoms with Gasteiger partial charge in [0.15, 0.2) is 6.61 Å². The monoisotopic (exact) mass is 520 g/mol. The topological polar surface area (TPSA) is 77.0 Å². The minimum absolute atomic E-state index is 0.237. The average molecular weight is 522 g/mol. The van der Waals surface area contributed by atoms with Crippen LogP contribution < -0.4 is 14.9 Å². The van der Waals surface area contributed by atoms with E-state index in [1.807, 2.05) is 6.07 Å². The predicted octanol–water partition coefficient (Wildman–Crippen LogP) is 5.50. The molecule has 6 nitrogen and oxygen atoms in total. The summed E-state index contributed by atoms with van der Waals surface area (Å²) in [7, 11) is 0. The van der Waals surface area contributed by atoms with Crippen molar-refractivity contribution in [3.05, 3.63) is 92.4 Å². The van der Waals surface area contributed by atoms with Crippen LogP contribution in [0.4, 0.5) is 0 Å². The van der Waals surface area contributed by atoms with Gasteiger partial charge in [0.25, 0.3) is 5.91 Å². The van der Waals surface area contributed by atoms with Gasteiger partial charge in [-0.2, -0.15) is 5.10 Å². The third-order valence-electron chi connectivity index (χ3n) is 3.86. The normalized spacial score (nSPS) is 10.7. The molecule has 1 amide bonds. The van der Waals surface area contributed by atoms with Crippen LogP contribution in [0.15, 0.2) is 76.3 Å². The maximum atomic E-state index is 12.2. The summed E-state index contributed by atoms with van der Waals surface area (Å²) in [5.41, 5.74) is 3.47. The minimum Gasteiger partial charge on any atom is -0.482 e. The Labute approximate surface area is 196 Å². The molecule has 9 heteroatoms. The van der Waals surface area contributed by atoms with Crippen molar-refractivity contribution in [3.8, 4) is 11.5 Å². The van der Waals surface area contributed by atoms with E-state index >= 15 is 0 Å². The number of benzene rings is 3. The van der Waals surface area contributed by atoms with E-state index < -0.39 is 11.9 Å². The van der Waals surface area contributed by atoms with Crippen LogP contribution in [0, 0.1) is 0 Å². The van der Waals surface area contributed by atoms with Crippen LogP contribution in [-0.4, -0.2) is 24.7 Å². The summed E-state index contributed by atoms with van der Waals surface area (Å²) in [5.74, 6) is -0.248. The third kappa shape index (κ3) is 6.55. The summed E-state index contributed by atoms with van der Waals surface area (Å²) in [4.78, 5) is 24.1. The first kappa shape index (κ1) is 22.8. The highest BCUT2D eigenvalue weighted by molar-refractivity contribution is 9.10. The lowest BCUT2D eigenvalue weighted by Gasteiger charge is -2.07. The molecule has 0 aliphatic carbocycles. The van der Waals surface area contributed by atoms with Crippen molar-refractivity contribution in [1.82, 2.24) is 5.43 Å². The molecular weight excluding hydrogens is 507 g/mol. The second kappa shape index (κ2) is 10.9. The molecule has 0 atom stereocenters. The first-order chi connectivity index (χ1) is 14.9. The molecule has 0 radical (unpaired) electrons. The first-order valence-corrected chi connectivity index (χ1v) is 10.4. The average Bonchev–Trinajstić information content (AvgIpc) is 2.76. The number of ether oxygens (including phenoxy) is 2. The summed E-state index contributed by atoms with van der Waals surface area (Å²) < 4.78 is 11.3. The van der Waals surface area contributed by atoms with Gasteiger partial charge in [0, 0.05) is 4.47 Å². The number of nitrogens with zero attached hydrogens (tertiary/aromatic N) is 1. The van der Waals surface area contributed by atoms with Crippen molar-refractivity contribution in [2.75, 3.05) is 6.61 Å². The number of rotatable bonds is 7. The molecule has 0 bridgehead atoms. The second-order valence-electron chi connectivity index (χ2n) is 6.07. The number of nitrogens with one attached hydrogen (secondary N) is 1. The molecule has 1 N–H and O–H groups in total. The van der Waals surface area contributed by atoms with Crippen molar-refractivity contribution >= 4 is 57.2 Å². The number of carbonyl (C=O) groups is 2. The van der Waals surface area contributed by atoms with Gasteiger partial charge in [-0.05, 0) is 70.0 Å². The smallest absolute Gasteiger partial charge is 0.344 e. The molecular formula is C22H15BrCl2N2O4. The maximum Gasteiger partial charge on any atom is 0.344 e. The van der Waals surface area contributed by atoms with E-state index in [4.69, 9.17) is 32.7 Å². The Hall–Kier alpha value is -2.87. The molecule has 0 saturated heterocycles. The van der Waals surface area contributed by atoms with Gasteiger partial charge in [-0.3, -0.25) is 4.79 Å². The Kier molecular flexibility index (Phi) is 8.06. The van der Waals surface area contributed by atoms with Crippen LogP contribution in [0.3, 0.4) is 0 Å². The predicted molar refractivity (Wildman–Crippen MR) is 123 cm³/mol. The van der Waals surface area contributed by atoms with Gasteiger partial charge >= 0.3 is 5.97 Å². The third-order valence-corrected chi connectivity index (χ3v) is 5.36. The molecule has 3 aromatic carbocycles. The molecule has 0 fully saturated rings. The van der Waals surface area contributed by atoms with Crippen LogP contribution in [0.2, 0.25) is 10.0 Å². The molecule has 0 saturated carbocycles. The number of carbonyl (C=O) groups excluding carboxylic acids is 2. The number of amides is 1. The SMILES string of the molecule is O=C(COc1cccc(Cl)c1Cl)N/N=C/c1ccc(OC(=O)c2ccccc2Br)cc1. The Morgan fingerprint density at radius 1 is 1.00 bits per heavy atom. The summed E-state index contributed by atoms with van der Waals surface area (Å²) in [6.07, 6.45) is 1.45. The van der Waals surface area contributed by atoms with Gasteiger partial charge < -0.3 is 9.47 Å². The first-order valence-electron chi connectivity index (χ1n) is 8.89. The van der Waals surface area contributed by atoms with E-state index in [2.05, 4.69) is 26.5 Å². The lowest BCUT2D eigenvalue weighted by atomic mass is 10.2. The molecule has 0 heterocycles. The molecule has 0 aliphatic heterocycles. The maximum absolute atomic E-state index is 12.2. The summed E-state index contributed by atoms with van der Waals surface area (Å²) in [5, 5.41) is 4.44. The summed E-state index contributed by atoms with van der Waals surface area (Å²) in [6, 6.07) is 18.5. The zero-order valence-electron chi connectivity index (χ0n) is 15.8. The zero-order valence-corrected chi connectivity index (χ0v) is 18.9. The number of esters is 1. The van der Waals surface area contributed by atoms with Crippen LogP contribution in [0.1, 0.15) is 15.9 Å². The summed E-state index contributed by atoms with van der Waals surface area (Å²) in [6.45, 7) is -0.276. The van der Waals surface area contributed by atoms with Crippen molar-refractivity contribution in [2.45, 2.75) is 0 Å². The van der Waals surface area contributed by atoms with E-state index in [0.717, 1.165) is 0 Å². The van der Waals surface area contributed by atoms with Gasteiger partial charge in [0.2, 0.25) is 0 Å². The lowest BCUT2D eigenvalue weighted by Crippen LogP contribution is -2.24. The Morgan fingerprint density at radius 3 is 2.48 bits per heavy atom. The van der Waals surface area contributed by atoms with Crippen LogP contribution in [0.25, 0.3) is 0 Å². The van der Waals surface area contributed by atoms with E-state index in [1.165, 1.54) is 6.21 Å². The number of hydrogen-bond acceptors (Lipinski definition) is 5. The van der Waals surface area contributed by atoms with Crippen molar-refractivity contribution < 1.29 is 19.1 Å². The van der Waals surface area contributed by atoms with Crippen LogP contribution >= 0.6 is 39.1 Å². The van der Waals surface area contributed by atoms with Gasteiger partial charge in [-0.1, -0.05) is 41.4 Å². The largest absolute Gasteiger partial charge is 0.482 e. The van der Waals surface area contributed by atoms with E-state index in [1.54, 1.807) is 60.7 Å². The fraction of sp³-hybridized carbons (Fsp3) is 0.0455. The minimum atomic E-state index is -0.471. The molecule has 158 valence electrons. The number of halogens is 3.